The van der Waals surface area contributed by atoms with E-state index in [0.29, 0.717) is 0 Å². The molecule has 2 aromatic carbocycles. The molecule has 3 nitrogen and oxygen atoms in total. The van der Waals surface area contributed by atoms with Crippen molar-refractivity contribution in [2.45, 2.75) is 45.2 Å². The van der Waals surface area contributed by atoms with Gasteiger partial charge in [0, 0.05) is 0 Å². The molecule has 3 rings (SSSR count). The molecule has 1 aliphatic rings. The number of aryl methyl sites for hydroxylation is 2. The van der Waals surface area contributed by atoms with Gasteiger partial charge in [0.2, 0.25) is 0 Å². The van der Waals surface area contributed by atoms with Crippen molar-refractivity contribution < 1.29 is 9.90 Å². The monoisotopic (exact) mass is 323 g/mol. The molecule has 126 valence electrons. The van der Waals surface area contributed by atoms with Crippen LogP contribution in [0, 0.1) is 13.8 Å². The Morgan fingerprint density at radius 1 is 1.04 bits per heavy atom. The summed E-state index contributed by atoms with van der Waals surface area (Å²) in [7, 11) is 0. The van der Waals surface area contributed by atoms with Gasteiger partial charge in [-0.3, -0.25) is 9.69 Å². The van der Waals surface area contributed by atoms with E-state index in [1.54, 1.807) is 0 Å². The van der Waals surface area contributed by atoms with Crippen molar-refractivity contribution in [1.29, 1.82) is 0 Å². The Hall–Kier alpha value is -2.13. The highest BCUT2D eigenvalue weighted by molar-refractivity contribution is 5.73. The maximum Gasteiger partial charge on any atom is 0.320 e. The van der Waals surface area contributed by atoms with Crippen LogP contribution in [0.1, 0.15) is 47.6 Å². The molecule has 1 fully saturated rings. The van der Waals surface area contributed by atoms with E-state index in [1.807, 2.05) is 0 Å². The Bertz CT molecular complexity index is 708. The lowest BCUT2D eigenvalue weighted by molar-refractivity contribution is -0.145. The number of carboxylic acid groups (broad SMARTS) is 1. The van der Waals surface area contributed by atoms with Gasteiger partial charge in [0.25, 0.3) is 0 Å². The summed E-state index contributed by atoms with van der Waals surface area (Å²) >= 11 is 0. The van der Waals surface area contributed by atoms with Crippen molar-refractivity contribution >= 4 is 5.97 Å². The van der Waals surface area contributed by atoms with Crippen LogP contribution in [0.25, 0.3) is 0 Å². The molecule has 0 amide bonds. The van der Waals surface area contributed by atoms with Crippen LogP contribution >= 0.6 is 0 Å². The standard InChI is InChI=1S/C21H25NO2/c1-15-9-11-17(12-10-15)20(18-7-5-6-16(2)14-18)22-13-4-3-8-19(22)21(23)24/h5-7,9-12,14,19-20H,3-4,8,13H2,1-2H3,(H,23,24). The van der Waals surface area contributed by atoms with Gasteiger partial charge in [-0.15, -0.1) is 0 Å². The second-order valence-electron chi connectivity index (χ2n) is 6.82. The number of aliphatic carboxylic acids is 1. The second kappa shape index (κ2) is 7.18. The van der Waals surface area contributed by atoms with Crippen molar-refractivity contribution in [2.75, 3.05) is 6.54 Å². The Balaban J connectivity index is 2.07. The molecule has 0 spiro atoms. The minimum absolute atomic E-state index is 0.00750. The highest BCUT2D eigenvalue weighted by atomic mass is 16.4. The summed E-state index contributed by atoms with van der Waals surface area (Å²) in [6, 6.07) is 16.5. The van der Waals surface area contributed by atoms with Gasteiger partial charge in [-0.1, -0.05) is 66.1 Å². The number of nitrogens with zero attached hydrogens (tertiary/aromatic N) is 1. The maximum atomic E-state index is 11.8. The first-order chi connectivity index (χ1) is 11.6. The summed E-state index contributed by atoms with van der Waals surface area (Å²) in [6.07, 6.45) is 2.77. The van der Waals surface area contributed by atoms with Gasteiger partial charge in [-0.2, -0.15) is 0 Å². The number of hydrogen-bond donors (Lipinski definition) is 1. The van der Waals surface area contributed by atoms with Crippen molar-refractivity contribution in [3.8, 4) is 0 Å². The molecule has 0 aliphatic carbocycles. The lowest BCUT2D eigenvalue weighted by atomic mass is 9.91. The SMILES string of the molecule is Cc1ccc(C(c2cccc(C)c2)N2CCCCC2C(=O)O)cc1. The van der Waals surface area contributed by atoms with Crippen LogP contribution in [0.3, 0.4) is 0 Å². The molecule has 0 bridgehead atoms. The van der Waals surface area contributed by atoms with Gasteiger partial charge in [-0.25, -0.2) is 0 Å². The van der Waals surface area contributed by atoms with Crippen molar-refractivity contribution in [3.05, 3.63) is 70.8 Å². The molecule has 1 saturated heterocycles. The zero-order valence-corrected chi connectivity index (χ0v) is 14.4. The fourth-order valence-corrected chi connectivity index (χ4v) is 3.69. The summed E-state index contributed by atoms with van der Waals surface area (Å²) < 4.78 is 0. The Labute approximate surface area is 143 Å². The summed E-state index contributed by atoms with van der Waals surface area (Å²) in [5.74, 6) is -0.709. The first kappa shape index (κ1) is 16.7. The van der Waals surface area contributed by atoms with E-state index in [1.165, 1.54) is 22.3 Å². The van der Waals surface area contributed by atoms with Gasteiger partial charge in [0.1, 0.15) is 6.04 Å². The summed E-state index contributed by atoms with van der Waals surface area (Å²) in [6.45, 7) is 4.98. The molecule has 0 aromatic heterocycles. The van der Waals surface area contributed by atoms with Gasteiger partial charge in [0.05, 0.1) is 6.04 Å². The van der Waals surface area contributed by atoms with Gasteiger partial charge in [-0.05, 0) is 44.4 Å². The molecule has 2 atom stereocenters. The van der Waals surface area contributed by atoms with Crippen molar-refractivity contribution in [1.82, 2.24) is 4.90 Å². The van der Waals surface area contributed by atoms with E-state index in [2.05, 4.69) is 67.3 Å². The largest absolute Gasteiger partial charge is 0.480 e. The topological polar surface area (TPSA) is 40.5 Å². The van der Waals surface area contributed by atoms with Crippen LogP contribution in [0.4, 0.5) is 0 Å². The molecule has 2 unspecified atom stereocenters. The van der Waals surface area contributed by atoms with Crippen LogP contribution in [-0.4, -0.2) is 28.6 Å². The summed E-state index contributed by atoms with van der Waals surface area (Å²) in [5.41, 5.74) is 4.76. The molecule has 3 heteroatoms. The molecular formula is C21H25NO2. The van der Waals surface area contributed by atoms with E-state index < -0.39 is 12.0 Å². The number of piperidine rings is 1. The lowest BCUT2D eigenvalue weighted by Crippen LogP contribution is -2.46. The van der Waals surface area contributed by atoms with Gasteiger partial charge in [0.15, 0.2) is 0 Å². The second-order valence-corrected chi connectivity index (χ2v) is 6.82. The first-order valence-electron chi connectivity index (χ1n) is 8.68. The molecule has 1 aliphatic heterocycles. The van der Waals surface area contributed by atoms with E-state index >= 15 is 0 Å². The van der Waals surface area contributed by atoms with Crippen molar-refractivity contribution in [3.63, 3.8) is 0 Å². The van der Waals surface area contributed by atoms with E-state index in [9.17, 15) is 9.90 Å². The number of hydrogen-bond acceptors (Lipinski definition) is 2. The predicted molar refractivity (Wildman–Crippen MR) is 96.2 cm³/mol. The summed E-state index contributed by atoms with van der Waals surface area (Å²) in [4.78, 5) is 14.0. The average molecular weight is 323 g/mol. The zero-order valence-electron chi connectivity index (χ0n) is 14.4. The number of benzene rings is 2. The lowest BCUT2D eigenvalue weighted by Gasteiger charge is -2.39. The highest BCUT2D eigenvalue weighted by Gasteiger charge is 2.35. The van der Waals surface area contributed by atoms with Crippen LogP contribution in [0.5, 0.6) is 0 Å². The third-order valence-corrected chi connectivity index (χ3v) is 4.91. The molecule has 2 aromatic rings. The number of likely N-dealkylation sites (tertiary alicyclic amines) is 1. The molecule has 24 heavy (non-hydrogen) atoms. The molecule has 0 saturated carbocycles. The normalized spacial score (nSPS) is 19.8. The van der Waals surface area contributed by atoms with Crippen LogP contribution in [-0.2, 0) is 4.79 Å². The number of carboxylic acids is 1. The van der Waals surface area contributed by atoms with E-state index in [-0.39, 0.29) is 6.04 Å². The Kier molecular flexibility index (Phi) is 5.00. The third-order valence-electron chi connectivity index (χ3n) is 4.91. The molecule has 0 radical (unpaired) electrons. The average Bonchev–Trinajstić information content (AvgIpc) is 2.57. The maximum absolute atomic E-state index is 11.8. The minimum atomic E-state index is -0.709. The third kappa shape index (κ3) is 3.51. The zero-order chi connectivity index (χ0) is 17.1. The smallest absolute Gasteiger partial charge is 0.320 e. The predicted octanol–water partition coefficient (Wildman–Crippen LogP) is 4.33. The molecule has 1 heterocycles. The van der Waals surface area contributed by atoms with E-state index in [0.717, 1.165) is 25.8 Å². The fraction of sp³-hybridized carbons (Fsp3) is 0.381. The highest BCUT2D eigenvalue weighted by Crippen LogP contribution is 2.34. The molecule has 1 N–H and O–H groups in total. The minimum Gasteiger partial charge on any atom is -0.480 e. The quantitative estimate of drug-likeness (QED) is 0.910. The summed E-state index contributed by atoms with van der Waals surface area (Å²) in [5, 5.41) is 9.71. The number of rotatable bonds is 4. The Morgan fingerprint density at radius 2 is 1.79 bits per heavy atom. The Morgan fingerprint density at radius 3 is 2.46 bits per heavy atom. The van der Waals surface area contributed by atoms with Gasteiger partial charge >= 0.3 is 5.97 Å². The van der Waals surface area contributed by atoms with Crippen LogP contribution < -0.4 is 0 Å². The number of carbonyl (C=O) groups is 1. The van der Waals surface area contributed by atoms with E-state index in [4.69, 9.17) is 0 Å². The van der Waals surface area contributed by atoms with Crippen molar-refractivity contribution in [2.24, 2.45) is 0 Å². The van der Waals surface area contributed by atoms with Gasteiger partial charge < -0.3 is 5.11 Å². The fourth-order valence-electron chi connectivity index (χ4n) is 3.69. The molecular weight excluding hydrogens is 298 g/mol. The first-order valence-corrected chi connectivity index (χ1v) is 8.68. The van der Waals surface area contributed by atoms with Crippen LogP contribution in [0.15, 0.2) is 48.5 Å². The van der Waals surface area contributed by atoms with Crippen LogP contribution in [0.2, 0.25) is 0 Å².